The average Bonchev–Trinajstić information content (AvgIpc) is 2.86. The summed E-state index contributed by atoms with van der Waals surface area (Å²) in [7, 11) is -3.72. The highest BCUT2D eigenvalue weighted by Crippen LogP contribution is 2.31. The molecule has 1 saturated carbocycles. The molecule has 1 aliphatic carbocycles. The van der Waals surface area contributed by atoms with Crippen LogP contribution in [0.5, 0.6) is 0 Å². The summed E-state index contributed by atoms with van der Waals surface area (Å²) in [5, 5.41) is 5.02. The minimum Gasteiger partial charge on any atom is -0.372 e. The Balaban J connectivity index is 1.31. The number of rotatable bonds is 7. The summed E-state index contributed by atoms with van der Waals surface area (Å²) < 4.78 is 47.5. The first-order chi connectivity index (χ1) is 16.8. The first kappa shape index (κ1) is 25.8. The molecule has 1 aliphatic heterocycles. The van der Waals surface area contributed by atoms with Gasteiger partial charge in [0.25, 0.3) is 0 Å². The van der Waals surface area contributed by atoms with E-state index in [4.69, 9.17) is 16.3 Å². The summed E-state index contributed by atoms with van der Waals surface area (Å²) in [6, 6.07) is 9.31. The number of carbonyl (C=O) groups is 1. The number of hydrogen-bond acceptors (Lipinski definition) is 5. The molecule has 2 amide bonds. The Morgan fingerprint density at radius 3 is 2.71 bits per heavy atom. The highest BCUT2D eigenvalue weighted by molar-refractivity contribution is 7.89. The first-order valence-electron chi connectivity index (χ1n) is 11.8. The van der Waals surface area contributed by atoms with Gasteiger partial charge in [0.15, 0.2) is 0 Å². The molecule has 1 aromatic heterocycles. The van der Waals surface area contributed by atoms with E-state index in [0.717, 1.165) is 12.0 Å². The van der Waals surface area contributed by atoms with Gasteiger partial charge in [0.2, 0.25) is 10.0 Å². The number of anilines is 1. The number of carbonyl (C=O) groups excluding carboxylic acids is 1. The predicted octanol–water partition coefficient (Wildman–Crippen LogP) is 4.07. The van der Waals surface area contributed by atoms with Crippen molar-refractivity contribution < 1.29 is 22.3 Å². The van der Waals surface area contributed by atoms with Gasteiger partial charge in [-0.3, -0.25) is 4.98 Å². The number of benzene rings is 1. The molecule has 2 aromatic rings. The molecule has 2 N–H and O–H groups in total. The van der Waals surface area contributed by atoms with Crippen LogP contribution in [0.25, 0.3) is 0 Å². The van der Waals surface area contributed by atoms with Gasteiger partial charge in [0, 0.05) is 37.7 Å². The number of urea groups is 1. The van der Waals surface area contributed by atoms with Crippen molar-refractivity contribution in [2.75, 3.05) is 18.4 Å². The van der Waals surface area contributed by atoms with Crippen LogP contribution < -0.4 is 10.6 Å². The zero-order valence-electron chi connectivity index (χ0n) is 19.3. The molecule has 1 saturated heterocycles. The Hall–Kier alpha value is -2.27. The molecular weight excluding hydrogens is 495 g/mol. The van der Waals surface area contributed by atoms with E-state index in [0.29, 0.717) is 38.0 Å². The lowest BCUT2D eigenvalue weighted by Gasteiger charge is -2.37. The summed E-state index contributed by atoms with van der Waals surface area (Å²) in [6.07, 6.45) is 4.54. The van der Waals surface area contributed by atoms with Gasteiger partial charge in [-0.25, -0.2) is 17.6 Å². The van der Waals surface area contributed by atoms with E-state index in [9.17, 15) is 17.6 Å². The number of piperidine rings is 1. The van der Waals surface area contributed by atoms with Gasteiger partial charge in [0.1, 0.15) is 6.17 Å². The molecule has 11 heteroatoms. The first-order valence-corrected chi connectivity index (χ1v) is 13.7. The summed E-state index contributed by atoms with van der Waals surface area (Å²) >= 11 is 6.29. The number of nitrogens with one attached hydrogen (secondary N) is 2. The van der Waals surface area contributed by atoms with Crippen molar-refractivity contribution in [3.8, 4) is 0 Å². The Kier molecular flexibility index (Phi) is 8.59. The molecule has 4 rings (SSSR count). The number of hydrogen-bond donors (Lipinski definition) is 2. The normalized spacial score (nSPS) is 25.7. The fourth-order valence-electron chi connectivity index (χ4n) is 4.39. The number of aromatic nitrogens is 1. The summed E-state index contributed by atoms with van der Waals surface area (Å²) in [5.74, 6) is 0. The second kappa shape index (κ2) is 11.6. The Labute approximate surface area is 210 Å². The third-order valence-corrected chi connectivity index (χ3v) is 8.62. The number of alkyl halides is 2. The summed E-state index contributed by atoms with van der Waals surface area (Å²) in [4.78, 5) is 16.3. The lowest BCUT2D eigenvalue weighted by molar-refractivity contribution is -0.0546. The standard InChI is InChI=1S/C24H30ClFN4O4S/c25-22-13-18(26)5-10-23(22)34-20-4-2-12-30(16-20)35(32,33)21-8-6-19(7-9-21)29-24(31)28-15-17-3-1-11-27-14-17/h1,3,6-9,11,14,18,20,22-23H,2,4-5,10,12-13,15-16H2,(H2,28,29,31). The molecule has 35 heavy (non-hydrogen) atoms. The van der Waals surface area contributed by atoms with E-state index in [1.807, 2.05) is 6.07 Å². The van der Waals surface area contributed by atoms with Crippen LogP contribution in [0, 0.1) is 0 Å². The van der Waals surface area contributed by atoms with E-state index >= 15 is 0 Å². The molecule has 1 aromatic carbocycles. The quantitative estimate of drug-likeness (QED) is 0.532. The van der Waals surface area contributed by atoms with Crippen molar-refractivity contribution in [1.29, 1.82) is 0 Å². The predicted molar refractivity (Wildman–Crippen MR) is 132 cm³/mol. The van der Waals surface area contributed by atoms with E-state index < -0.39 is 27.6 Å². The van der Waals surface area contributed by atoms with E-state index in [1.165, 1.54) is 16.4 Å². The van der Waals surface area contributed by atoms with Crippen LogP contribution in [0.2, 0.25) is 0 Å². The van der Waals surface area contributed by atoms with Crippen LogP contribution >= 0.6 is 11.6 Å². The smallest absolute Gasteiger partial charge is 0.319 e. The monoisotopic (exact) mass is 524 g/mol. The maximum absolute atomic E-state index is 13.5. The number of sulfonamides is 1. The van der Waals surface area contributed by atoms with Crippen molar-refractivity contribution in [2.24, 2.45) is 0 Å². The van der Waals surface area contributed by atoms with Crippen molar-refractivity contribution in [3.63, 3.8) is 0 Å². The van der Waals surface area contributed by atoms with E-state index in [2.05, 4.69) is 15.6 Å². The topological polar surface area (TPSA) is 101 Å². The van der Waals surface area contributed by atoms with Gasteiger partial charge >= 0.3 is 6.03 Å². The molecule has 8 nitrogen and oxygen atoms in total. The Morgan fingerprint density at radius 1 is 1.20 bits per heavy atom. The van der Waals surface area contributed by atoms with E-state index in [1.54, 1.807) is 30.6 Å². The molecular formula is C24H30ClFN4O4S. The highest BCUT2D eigenvalue weighted by Gasteiger charge is 2.35. The maximum Gasteiger partial charge on any atom is 0.319 e. The molecule has 190 valence electrons. The molecule has 4 atom stereocenters. The number of nitrogens with zero attached hydrogens (tertiary/aromatic N) is 2. The number of ether oxygens (including phenoxy) is 1. The molecule has 2 aliphatic rings. The third kappa shape index (κ3) is 6.91. The van der Waals surface area contributed by atoms with Crippen LogP contribution in [-0.2, 0) is 21.3 Å². The molecule has 0 bridgehead atoms. The maximum atomic E-state index is 13.5. The zero-order valence-corrected chi connectivity index (χ0v) is 20.8. The van der Waals surface area contributed by atoms with Crippen LogP contribution in [0.1, 0.15) is 37.7 Å². The van der Waals surface area contributed by atoms with Gasteiger partial charge < -0.3 is 15.4 Å². The lowest BCUT2D eigenvalue weighted by atomic mass is 9.95. The fraction of sp³-hybridized carbons (Fsp3) is 0.500. The second-order valence-corrected chi connectivity index (χ2v) is 11.4. The summed E-state index contributed by atoms with van der Waals surface area (Å²) in [5.41, 5.74) is 1.34. The molecule has 0 spiro atoms. The zero-order chi connectivity index (χ0) is 24.8. The molecule has 0 radical (unpaired) electrons. The molecule has 2 fully saturated rings. The van der Waals surface area contributed by atoms with Crippen LogP contribution in [-0.4, -0.2) is 60.6 Å². The van der Waals surface area contributed by atoms with Crippen LogP contribution in [0.4, 0.5) is 14.9 Å². The van der Waals surface area contributed by atoms with Gasteiger partial charge in [0.05, 0.1) is 22.5 Å². The van der Waals surface area contributed by atoms with Gasteiger partial charge in [-0.2, -0.15) is 4.31 Å². The molecule has 2 heterocycles. The van der Waals surface area contributed by atoms with Crippen molar-refractivity contribution in [2.45, 2.75) is 67.3 Å². The second-order valence-electron chi connectivity index (χ2n) is 8.92. The van der Waals surface area contributed by atoms with E-state index in [-0.39, 0.29) is 30.1 Å². The third-order valence-electron chi connectivity index (χ3n) is 6.28. The number of pyridine rings is 1. The van der Waals surface area contributed by atoms with Gasteiger partial charge in [-0.15, -0.1) is 11.6 Å². The number of amides is 2. The average molecular weight is 525 g/mol. The number of halogens is 2. The SMILES string of the molecule is O=C(NCc1cccnc1)Nc1ccc(S(=O)(=O)N2CCCC(OC3CCC(F)CC3Cl)C2)cc1. The van der Waals surface area contributed by atoms with Gasteiger partial charge in [-0.1, -0.05) is 6.07 Å². The lowest BCUT2D eigenvalue weighted by Crippen LogP contribution is -2.46. The van der Waals surface area contributed by atoms with Crippen LogP contribution in [0.3, 0.4) is 0 Å². The largest absolute Gasteiger partial charge is 0.372 e. The Bertz CT molecular complexity index is 1090. The minimum atomic E-state index is -3.72. The van der Waals surface area contributed by atoms with Crippen molar-refractivity contribution >= 4 is 33.3 Å². The fourth-order valence-corrected chi connectivity index (χ4v) is 6.28. The van der Waals surface area contributed by atoms with Gasteiger partial charge in [-0.05, 0) is 68.0 Å². The Morgan fingerprint density at radius 2 is 2.00 bits per heavy atom. The summed E-state index contributed by atoms with van der Waals surface area (Å²) in [6.45, 7) is 0.961. The highest BCUT2D eigenvalue weighted by atomic mass is 35.5. The van der Waals surface area contributed by atoms with Crippen LogP contribution in [0.15, 0.2) is 53.7 Å². The van der Waals surface area contributed by atoms with Crippen molar-refractivity contribution in [3.05, 3.63) is 54.4 Å². The van der Waals surface area contributed by atoms with Crippen molar-refractivity contribution in [1.82, 2.24) is 14.6 Å². The minimum absolute atomic E-state index is 0.146. The molecule has 4 unspecified atom stereocenters.